The first-order valence-corrected chi connectivity index (χ1v) is 7.13. The molecule has 2 N–H and O–H groups in total. The average molecular weight is 219 g/mol. The zero-order chi connectivity index (χ0) is 11.0. The van der Waals surface area contributed by atoms with Crippen LogP contribution in [0.15, 0.2) is 0 Å². The summed E-state index contributed by atoms with van der Waals surface area (Å²) in [7, 11) is -2.99. The van der Waals surface area contributed by atoms with Gasteiger partial charge in [0.1, 0.15) is 0 Å². The molecule has 1 aliphatic carbocycles. The van der Waals surface area contributed by atoms with E-state index in [4.69, 9.17) is 5.73 Å². The van der Waals surface area contributed by atoms with Crippen LogP contribution in [0.4, 0.5) is 0 Å². The molecule has 84 valence electrons. The van der Waals surface area contributed by atoms with Crippen LogP contribution < -0.4 is 5.73 Å². The van der Waals surface area contributed by atoms with Crippen molar-refractivity contribution in [2.45, 2.75) is 44.3 Å². The predicted octanol–water partition coefficient (Wildman–Crippen LogP) is 1.33. The van der Waals surface area contributed by atoms with Crippen LogP contribution in [0.5, 0.6) is 0 Å². The van der Waals surface area contributed by atoms with Crippen LogP contribution in [0.1, 0.15) is 39.5 Å². The maximum atomic E-state index is 11.6. The van der Waals surface area contributed by atoms with E-state index in [1.807, 2.05) is 0 Å². The average Bonchev–Trinajstić information content (AvgIpc) is 2.03. The first-order chi connectivity index (χ1) is 6.35. The smallest absolute Gasteiger partial charge is 0.154 e. The molecule has 0 aromatic carbocycles. The van der Waals surface area contributed by atoms with E-state index in [1.54, 1.807) is 0 Å². The predicted molar refractivity (Wildman–Crippen MR) is 58.9 cm³/mol. The highest BCUT2D eigenvalue weighted by molar-refractivity contribution is 7.92. The standard InChI is InChI=1S/C10H21NO2S/c1-4-9(5-2)6-10(7-9,8-11)14(3,12)13/h4-8,11H2,1-3H3. The van der Waals surface area contributed by atoms with Gasteiger partial charge in [-0.15, -0.1) is 0 Å². The Kier molecular flexibility index (Phi) is 2.99. The maximum absolute atomic E-state index is 11.6. The van der Waals surface area contributed by atoms with Gasteiger partial charge < -0.3 is 5.73 Å². The minimum atomic E-state index is -2.99. The summed E-state index contributed by atoms with van der Waals surface area (Å²) in [6.07, 6.45) is 4.93. The fourth-order valence-electron chi connectivity index (χ4n) is 2.62. The minimum Gasteiger partial charge on any atom is -0.329 e. The van der Waals surface area contributed by atoms with Gasteiger partial charge in [0.15, 0.2) is 9.84 Å². The quantitative estimate of drug-likeness (QED) is 0.776. The lowest BCUT2D eigenvalue weighted by molar-refractivity contribution is 0.0691. The Hall–Kier alpha value is -0.0900. The van der Waals surface area contributed by atoms with Crippen molar-refractivity contribution >= 4 is 9.84 Å². The second-order valence-corrected chi connectivity index (χ2v) is 7.13. The van der Waals surface area contributed by atoms with Crippen molar-refractivity contribution in [3.8, 4) is 0 Å². The third-order valence-electron chi connectivity index (χ3n) is 4.05. The lowest BCUT2D eigenvalue weighted by atomic mass is 9.58. The summed E-state index contributed by atoms with van der Waals surface area (Å²) in [4.78, 5) is 0. The fraction of sp³-hybridized carbons (Fsp3) is 1.00. The number of hydrogen-bond acceptors (Lipinski definition) is 3. The Morgan fingerprint density at radius 1 is 1.21 bits per heavy atom. The highest BCUT2D eigenvalue weighted by Crippen LogP contribution is 2.55. The van der Waals surface area contributed by atoms with Crippen molar-refractivity contribution in [3.05, 3.63) is 0 Å². The summed E-state index contributed by atoms with van der Waals surface area (Å²) >= 11 is 0. The second-order valence-electron chi connectivity index (χ2n) is 4.72. The molecule has 3 nitrogen and oxygen atoms in total. The highest BCUT2D eigenvalue weighted by atomic mass is 32.2. The lowest BCUT2D eigenvalue weighted by Gasteiger charge is -2.54. The minimum absolute atomic E-state index is 0.239. The molecule has 0 atom stereocenters. The van der Waals surface area contributed by atoms with Crippen LogP contribution in [0.25, 0.3) is 0 Å². The molecule has 1 fully saturated rings. The molecule has 0 unspecified atom stereocenters. The molecule has 1 rings (SSSR count). The Morgan fingerprint density at radius 3 is 1.86 bits per heavy atom. The molecule has 0 bridgehead atoms. The van der Waals surface area contributed by atoms with E-state index >= 15 is 0 Å². The van der Waals surface area contributed by atoms with Crippen molar-refractivity contribution in [1.29, 1.82) is 0 Å². The third kappa shape index (κ3) is 1.58. The van der Waals surface area contributed by atoms with Crippen molar-refractivity contribution in [2.24, 2.45) is 11.1 Å². The largest absolute Gasteiger partial charge is 0.329 e. The monoisotopic (exact) mass is 219 g/mol. The molecular weight excluding hydrogens is 198 g/mol. The van der Waals surface area contributed by atoms with Crippen molar-refractivity contribution in [3.63, 3.8) is 0 Å². The molecule has 0 aromatic rings. The summed E-state index contributed by atoms with van der Waals surface area (Å²) in [6.45, 7) is 4.53. The molecule has 0 spiro atoms. The fourth-order valence-corrected chi connectivity index (χ4v) is 4.06. The van der Waals surface area contributed by atoms with Gasteiger partial charge in [0, 0.05) is 12.8 Å². The molecule has 14 heavy (non-hydrogen) atoms. The molecule has 0 radical (unpaired) electrons. The summed E-state index contributed by atoms with van der Waals surface area (Å²) in [5, 5.41) is 0. The van der Waals surface area contributed by atoms with E-state index in [1.165, 1.54) is 6.26 Å². The van der Waals surface area contributed by atoms with Crippen molar-refractivity contribution in [1.82, 2.24) is 0 Å². The zero-order valence-electron chi connectivity index (χ0n) is 9.34. The highest BCUT2D eigenvalue weighted by Gasteiger charge is 2.57. The molecule has 1 aliphatic rings. The van der Waals surface area contributed by atoms with Gasteiger partial charge >= 0.3 is 0 Å². The first kappa shape index (κ1) is 12.0. The van der Waals surface area contributed by atoms with Gasteiger partial charge in [0.05, 0.1) is 4.75 Å². The number of rotatable bonds is 4. The third-order valence-corrected chi connectivity index (χ3v) is 6.08. The van der Waals surface area contributed by atoms with Gasteiger partial charge in [-0.3, -0.25) is 0 Å². The molecule has 0 saturated heterocycles. The maximum Gasteiger partial charge on any atom is 0.154 e. The molecule has 0 heterocycles. The number of hydrogen-bond donors (Lipinski definition) is 1. The summed E-state index contributed by atoms with van der Waals surface area (Å²) in [5.41, 5.74) is 5.84. The van der Waals surface area contributed by atoms with E-state index in [-0.39, 0.29) is 12.0 Å². The summed E-state index contributed by atoms with van der Waals surface area (Å²) in [6, 6.07) is 0. The Labute approximate surface area is 87.0 Å². The van der Waals surface area contributed by atoms with Crippen LogP contribution >= 0.6 is 0 Å². The second kappa shape index (κ2) is 3.49. The molecule has 1 saturated carbocycles. The first-order valence-electron chi connectivity index (χ1n) is 5.24. The van der Waals surface area contributed by atoms with Crippen LogP contribution in [-0.2, 0) is 9.84 Å². The Morgan fingerprint density at radius 2 is 1.64 bits per heavy atom. The van der Waals surface area contributed by atoms with Gasteiger partial charge in [-0.05, 0) is 18.3 Å². The van der Waals surface area contributed by atoms with Gasteiger partial charge in [-0.2, -0.15) is 0 Å². The van der Waals surface area contributed by atoms with E-state index in [0.29, 0.717) is 0 Å². The summed E-state index contributed by atoms with van der Waals surface area (Å²) < 4.78 is 22.6. The Bertz CT molecular complexity index is 296. The Balaban J connectivity index is 2.85. The lowest BCUT2D eigenvalue weighted by Crippen LogP contribution is -2.60. The topological polar surface area (TPSA) is 60.2 Å². The number of nitrogens with two attached hydrogens (primary N) is 1. The normalized spacial score (nSPS) is 24.3. The van der Waals surface area contributed by atoms with Crippen LogP contribution in [0.3, 0.4) is 0 Å². The van der Waals surface area contributed by atoms with Gasteiger partial charge in [-0.25, -0.2) is 8.42 Å². The van der Waals surface area contributed by atoms with Crippen LogP contribution in [-0.4, -0.2) is 26.0 Å². The SMILES string of the molecule is CCC1(CC)CC(CN)(S(C)(=O)=O)C1. The molecule has 0 amide bonds. The molecular formula is C10H21NO2S. The van der Waals surface area contributed by atoms with E-state index in [9.17, 15) is 8.42 Å². The molecule has 4 heteroatoms. The molecule has 0 aliphatic heterocycles. The van der Waals surface area contributed by atoms with Crippen LogP contribution in [0, 0.1) is 5.41 Å². The van der Waals surface area contributed by atoms with Gasteiger partial charge in [-0.1, -0.05) is 26.7 Å². The van der Waals surface area contributed by atoms with Crippen LogP contribution in [0.2, 0.25) is 0 Å². The number of sulfone groups is 1. The van der Waals surface area contributed by atoms with Crippen molar-refractivity contribution < 1.29 is 8.42 Å². The van der Waals surface area contributed by atoms with Gasteiger partial charge in [0.2, 0.25) is 0 Å². The van der Waals surface area contributed by atoms with E-state index in [0.717, 1.165) is 25.7 Å². The van der Waals surface area contributed by atoms with Gasteiger partial charge in [0.25, 0.3) is 0 Å². The van der Waals surface area contributed by atoms with E-state index in [2.05, 4.69) is 13.8 Å². The molecule has 0 aromatic heterocycles. The van der Waals surface area contributed by atoms with E-state index < -0.39 is 14.6 Å². The zero-order valence-corrected chi connectivity index (χ0v) is 10.2. The summed E-state index contributed by atoms with van der Waals surface area (Å²) in [5.74, 6) is 0. The van der Waals surface area contributed by atoms with Crippen molar-refractivity contribution in [2.75, 3.05) is 12.8 Å².